The Kier molecular flexibility index (Phi) is 8.65. The molecule has 0 radical (unpaired) electrons. The van der Waals surface area contributed by atoms with Crippen molar-refractivity contribution in [2.75, 3.05) is 20.7 Å². The molecule has 1 aromatic carbocycles. The molecule has 12 nitrogen and oxygen atoms in total. The lowest BCUT2D eigenvalue weighted by Crippen LogP contribution is -2.48. The van der Waals surface area contributed by atoms with E-state index >= 15 is 0 Å². The molecule has 12 heteroatoms. The fraction of sp³-hybridized carbons (Fsp3) is 0.576. The van der Waals surface area contributed by atoms with Crippen LogP contribution < -0.4 is 14.8 Å². The van der Waals surface area contributed by atoms with Gasteiger partial charge in [-0.3, -0.25) is 0 Å². The Morgan fingerprint density at radius 3 is 2.56 bits per heavy atom. The zero-order chi connectivity index (χ0) is 32.7. The number of carbonyl (C=O) groups is 3. The minimum Gasteiger partial charge on any atom is -0.493 e. The van der Waals surface area contributed by atoms with Gasteiger partial charge in [0.2, 0.25) is 0 Å². The highest BCUT2D eigenvalue weighted by Gasteiger charge is 2.53. The summed E-state index contributed by atoms with van der Waals surface area (Å²) in [4.78, 5) is 45.5. The lowest BCUT2D eigenvalue weighted by molar-refractivity contribution is -0.151. The van der Waals surface area contributed by atoms with Gasteiger partial charge >= 0.3 is 18.2 Å². The van der Waals surface area contributed by atoms with Crippen LogP contribution in [0.5, 0.6) is 11.5 Å². The smallest absolute Gasteiger partial charge is 0.419 e. The lowest BCUT2D eigenvalue weighted by atomic mass is 9.69. The molecule has 2 aliphatic heterocycles. The number of amides is 1. The third kappa shape index (κ3) is 7.11. The largest absolute Gasteiger partial charge is 0.493 e. The highest BCUT2D eigenvalue weighted by Crippen LogP contribution is 2.55. The fourth-order valence-corrected chi connectivity index (χ4v) is 6.12. The molecule has 0 bridgehead atoms. The summed E-state index contributed by atoms with van der Waals surface area (Å²) in [5, 5.41) is 2.63. The van der Waals surface area contributed by atoms with Gasteiger partial charge in [0, 0.05) is 31.1 Å². The average Bonchev–Trinajstić information content (AvgIpc) is 3.49. The highest BCUT2D eigenvalue weighted by molar-refractivity contribution is 5.82. The third-order valence-corrected chi connectivity index (χ3v) is 8.03. The van der Waals surface area contributed by atoms with Gasteiger partial charge in [-0.2, -0.15) is 0 Å². The molecular formula is C33H44N4O8. The van der Waals surface area contributed by atoms with E-state index in [4.69, 9.17) is 23.7 Å². The van der Waals surface area contributed by atoms with Crippen LogP contribution in [-0.2, 0) is 37.4 Å². The van der Waals surface area contributed by atoms with Crippen LogP contribution in [0.4, 0.5) is 9.59 Å². The van der Waals surface area contributed by atoms with Crippen LogP contribution >= 0.6 is 0 Å². The predicted octanol–water partition coefficient (Wildman–Crippen LogP) is 4.52. The topological polar surface area (TPSA) is 130 Å². The van der Waals surface area contributed by atoms with Crippen molar-refractivity contribution in [3.05, 3.63) is 53.6 Å². The number of esters is 1. The minimum atomic E-state index is -1.13. The van der Waals surface area contributed by atoms with E-state index < -0.39 is 41.5 Å². The van der Waals surface area contributed by atoms with Gasteiger partial charge in [-0.25, -0.2) is 23.9 Å². The first-order valence-corrected chi connectivity index (χ1v) is 15.3. The summed E-state index contributed by atoms with van der Waals surface area (Å²) in [6.45, 7) is 12.2. The highest BCUT2D eigenvalue weighted by atomic mass is 16.6. The number of hydrogen-bond acceptors (Lipinski definition) is 10. The Bertz CT molecular complexity index is 1490. The van der Waals surface area contributed by atoms with Gasteiger partial charge < -0.3 is 33.9 Å². The number of nitrogens with one attached hydrogen (secondary N) is 1. The Balaban J connectivity index is 1.35. The fourth-order valence-electron chi connectivity index (χ4n) is 6.12. The molecule has 0 fully saturated rings. The number of methoxy groups -OCH3 is 1. The van der Waals surface area contributed by atoms with Crippen molar-refractivity contribution in [2.24, 2.45) is 0 Å². The molecule has 244 valence electrons. The van der Waals surface area contributed by atoms with E-state index in [-0.39, 0.29) is 17.9 Å². The average molecular weight is 625 g/mol. The van der Waals surface area contributed by atoms with Crippen molar-refractivity contribution in [2.45, 2.75) is 102 Å². The molecule has 4 atom stereocenters. The second kappa shape index (κ2) is 12.0. The number of rotatable bonds is 6. The van der Waals surface area contributed by atoms with E-state index in [0.29, 0.717) is 17.9 Å². The number of aromatic nitrogens is 2. The zero-order valence-electron chi connectivity index (χ0n) is 27.3. The summed E-state index contributed by atoms with van der Waals surface area (Å²) < 4.78 is 30.2. The van der Waals surface area contributed by atoms with E-state index in [0.717, 1.165) is 30.8 Å². The number of alkyl carbamates (subject to hydrolysis) is 1. The first-order valence-electron chi connectivity index (χ1n) is 15.3. The van der Waals surface area contributed by atoms with Crippen LogP contribution in [0.15, 0.2) is 36.8 Å². The van der Waals surface area contributed by atoms with Crippen molar-refractivity contribution < 1.29 is 38.1 Å². The van der Waals surface area contributed by atoms with E-state index in [1.807, 2.05) is 12.1 Å². The number of ether oxygens (including phenoxy) is 5. The number of imidazole rings is 1. The first-order chi connectivity index (χ1) is 21.1. The molecule has 1 N–H and O–H groups in total. The standard InChI is InChI=1S/C33H44N4O8/c1-31(2,3)44-29(39)35-23(15-21-18-37(19-34-21)30(40)45-32(4,5)6)28(38)42-22-11-12-33-13-14-36(7)17-20-9-10-24(41-8)27(26(20)33)43-25(33)16-22/h9-12,18-19,22-23,25H,13-17H2,1-8H3,(H,35,39)/t22-,23+,25-,33?/m0/s1. The lowest BCUT2D eigenvalue weighted by Gasteiger charge is -2.37. The van der Waals surface area contributed by atoms with Crippen LogP contribution in [0.3, 0.4) is 0 Å². The Labute approximate surface area is 264 Å². The van der Waals surface area contributed by atoms with E-state index in [2.05, 4.69) is 34.4 Å². The van der Waals surface area contributed by atoms with Crippen LogP contribution in [-0.4, -0.2) is 82.8 Å². The molecule has 0 saturated carbocycles. The van der Waals surface area contributed by atoms with Gasteiger partial charge in [0.25, 0.3) is 0 Å². The van der Waals surface area contributed by atoms with Crippen molar-refractivity contribution in [1.82, 2.24) is 19.8 Å². The number of benzene rings is 1. The molecule has 5 rings (SSSR count). The van der Waals surface area contributed by atoms with Crippen LogP contribution in [0.1, 0.15) is 71.2 Å². The number of carbonyl (C=O) groups excluding carboxylic acids is 3. The molecule has 3 aliphatic rings. The first kappa shape index (κ1) is 32.3. The van der Waals surface area contributed by atoms with Gasteiger partial charge in [0.1, 0.15) is 35.8 Å². The maximum atomic E-state index is 13.6. The number of hydrogen-bond donors (Lipinski definition) is 1. The molecule has 1 unspecified atom stereocenters. The third-order valence-electron chi connectivity index (χ3n) is 8.03. The minimum absolute atomic E-state index is 0.0352. The summed E-state index contributed by atoms with van der Waals surface area (Å²) >= 11 is 0. The SMILES string of the molecule is COc1ccc2c3c1O[C@H]1C[C@@H](OC(=O)[C@@H](Cc4cn(C(=O)OC(C)(C)C)cn4)NC(=O)OC(C)(C)C)C=CC31CCN(C)C2. The summed E-state index contributed by atoms with van der Waals surface area (Å²) in [7, 11) is 3.74. The van der Waals surface area contributed by atoms with E-state index in [1.165, 1.54) is 22.7 Å². The molecular weight excluding hydrogens is 580 g/mol. The van der Waals surface area contributed by atoms with Crippen molar-refractivity contribution in [3.8, 4) is 11.5 Å². The Morgan fingerprint density at radius 2 is 1.87 bits per heavy atom. The number of nitrogens with zero attached hydrogens (tertiary/aromatic N) is 3. The summed E-state index contributed by atoms with van der Waals surface area (Å²) in [5.41, 5.74) is 0.882. The van der Waals surface area contributed by atoms with Crippen LogP contribution in [0, 0.1) is 0 Å². The summed E-state index contributed by atoms with van der Waals surface area (Å²) in [6.07, 6.45) is 5.81. The van der Waals surface area contributed by atoms with E-state index in [9.17, 15) is 14.4 Å². The molecule has 0 saturated heterocycles. The van der Waals surface area contributed by atoms with Gasteiger partial charge in [0.15, 0.2) is 11.5 Å². The summed E-state index contributed by atoms with van der Waals surface area (Å²) in [5.74, 6) is 0.770. The maximum Gasteiger partial charge on any atom is 0.419 e. The Morgan fingerprint density at radius 1 is 1.13 bits per heavy atom. The van der Waals surface area contributed by atoms with Gasteiger partial charge in [-0.1, -0.05) is 12.1 Å². The molecule has 1 spiro atoms. The molecule has 1 amide bonds. The Hall–Kier alpha value is -4.06. The predicted molar refractivity (Wildman–Crippen MR) is 164 cm³/mol. The molecule has 45 heavy (non-hydrogen) atoms. The van der Waals surface area contributed by atoms with Gasteiger partial charge in [-0.05, 0) is 79.3 Å². The summed E-state index contributed by atoms with van der Waals surface area (Å²) in [6, 6.07) is 2.91. The molecule has 1 aliphatic carbocycles. The van der Waals surface area contributed by atoms with Gasteiger partial charge in [0.05, 0.1) is 18.2 Å². The van der Waals surface area contributed by atoms with Crippen molar-refractivity contribution in [3.63, 3.8) is 0 Å². The van der Waals surface area contributed by atoms with Crippen molar-refractivity contribution >= 4 is 18.2 Å². The van der Waals surface area contributed by atoms with Gasteiger partial charge in [-0.15, -0.1) is 0 Å². The molecule has 3 heterocycles. The molecule has 2 aromatic rings. The monoisotopic (exact) mass is 624 g/mol. The van der Waals surface area contributed by atoms with Crippen LogP contribution in [0.2, 0.25) is 0 Å². The molecule has 1 aromatic heterocycles. The zero-order valence-corrected chi connectivity index (χ0v) is 27.3. The quantitative estimate of drug-likeness (QED) is 0.278. The normalized spacial score (nSPS) is 23.1. The van der Waals surface area contributed by atoms with E-state index in [1.54, 1.807) is 48.7 Å². The van der Waals surface area contributed by atoms with Crippen molar-refractivity contribution in [1.29, 1.82) is 0 Å². The van der Waals surface area contributed by atoms with Crippen LogP contribution in [0.25, 0.3) is 0 Å². The maximum absolute atomic E-state index is 13.6. The second-order valence-electron chi connectivity index (χ2n) is 14.0. The second-order valence-corrected chi connectivity index (χ2v) is 14.0.